The number of nitrogen functional groups attached to an aromatic ring is 1. The van der Waals surface area contributed by atoms with Gasteiger partial charge in [-0.3, -0.25) is 0 Å². The van der Waals surface area contributed by atoms with Crippen molar-refractivity contribution in [1.82, 2.24) is 9.97 Å². The number of anilines is 3. The van der Waals surface area contributed by atoms with E-state index < -0.39 is 0 Å². The molecule has 0 saturated carbocycles. The molecule has 102 valence electrons. The molecule has 2 aromatic heterocycles. The van der Waals surface area contributed by atoms with Gasteiger partial charge in [0.2, 0.25) is 5.95 Å². The van der Waals surface area contributed by atoms with Crippen LogP contribution in [0.25, 0.3) is 10.2 Å². The van der Waals surface area contributed by atoms with Crippen LogP contribution in [-0.2, 0) is 0 Å². The Labute approximate surface area is 136 Å². The normalized spacial score (nSPS) is 10.9. The zero-order valence-electron chi connectivity index (χ0n) is 10.4. The summed E-state index contributed by atoms with van der Waals surface area (Å²) < 4.78 is 1.90. The molecule has 20 heavy (non-hydrogen) atoms. The second-order valence-corrected chi connectivity index (χ2v) is 7.17. The molecular weight excluding hydrogens is 404 g/mol. The first-order valence-corrected chi connectivity index (χ1v) is 8.19. The van der Waals surface area contributed by atoms with Crippen molar-refractivity contribution in [2.75, 3.05) is 11.1 Å². The second kappa shape index (κ2) is 5.31. The Bertz CT molecular complexity index is 780. The number of fused-ring (bicyclic) bond motifs is 1. The molecule has 0 saturated heterocycles. The van der Waals surface area contributed by atoms with Crippen LogP contribution < -0.4 is 11.1 Å². The molecule has 0 fully saturated rings. The third-order valence-corrected chi connectivity index (χ3v) is 5.01. The summed E-state index contributed by atoms with van der Waals surface area (Å²) in [6, 6.07) is 7.95. The molecular formula is C13H10Br2N4S. The summed E-state index contributed by atoms with van der Waals surface area (Å²) in [5.74, 6) is 0.981. The number of aromatic nitrogens is 2. The third kappa shape index (κ3) is 2.53. The fourth-order valence-electron chi connectivity index (χ4n) is 1.89. The molecule has 7 heteroatoms. The summed E-state index contributed by atoms with van der Waals surface area (Å²) >= 11 is 8.66. The van der Waals surface area contributed by atoms with Gasteiger partial charge in [0, 0.05) is 13.8 Å². The van der Waals surface area contributed by atoms with E-state index in [0.29, 0.717) is 5.82 Å². The highest BCUT2D eigenvalue weighted by atomic mass is 79.9. The minimum atomic E-state index is 0.269. The third-order valence-electron chi connectivity index (χ3n) is 2.74. The van der Waals surface area contributed by atoms with Crippen molar-refractivity contribution in [1.29, 1.82) is 0 Å². The number of hydrogen-bond donors (Lipinski definition) is 2. The minimum Gasteiger partial charge on any atom is -0.368 e. The zero-order chi connectivity index (χ0) is 14.3. The maximum absolute atomic E-state index is 5.78. The molecule has 3 aromatic rings. The van der Waals surface area contributed by atoms with Gasteiger partial charge in [-0.1, -0.05) is 6.07 Å². The number of hydrogen-bond acceptors (Lipinski definition) is 5. The summed E-state index contributed by atoms with van der Waals surface area (Å²) in [6.45, 7) is 2.04. The standard InChI is InChI=1S/C13H10Br2N4S/c1-6-5-7-11(18-13(16)19-12(7)20-6)17-10-8(14)3-2-4-9(10)15/h2-5H,1H3,(H3,16,17,18,19). The molecule has 0 aliphatic heterocycles. The number of rotatable bonds is 2. The number of thiophene rings is 1. The molecule has 0 atom stereocenters. The predicted octanol–water partition coefficient (Wildman–Crippen LogP) is 4.85. The zero-order valence-corrected chi connectivity index (χ0v) is 14.4. The molecule has 3 rings (SSSR count). The van der Waals surface area contributed by atoms with Crippen molar-refractivity contribution in [2.24, 2.45) is 0 Å². The average molecular weight is 414 g/mol. The van der Waals surface area contributed by atoms with Crippen molar-refractivity contribution in [3.63, 3.8) is 0 Å². The fraction of sp³-hybridized carbons (Fsp3) is 0.0769. The maximum Gasteiger partial charge on any atom is 0.223 e. The Morgan fingerprint density at radius 3 is 2.60 bits per heavy atom. The summed E-state index contributed by atoms with van der Waals surface area (Å²) in [7, 11) is 0. The molecule has 0 aliphatic rings. The SMILES string of the molecule is Cc1cc2c(Nc3c(Br)cccc3Br)nc(N)nc2s1. The van der Waals surface area contributed by atoms with Crippen LogP contribution in [0.2, 0.25) is 0 Å². The molecule has 0 aliphatic carbocycles. The lowest BCUT2D eigenvalue weighted by atomic mass is 10.3. The minimum absolute atomic E-state index is 0.269. The monoisotopic (exact) mass is 412 g/mol. The van der Waals surface area contributed by atoms with Crippen molar-refractivity contribution < 1.29 is 0 Å². The van der Waals surface area contributed by atoms with E-state index in [2.05, 4.69) is 53.2 Å². The molecule has 4 nitrogen and oxygen atoms in total. The predicted molar refractivity (Wildman–Crippen MR) is 91.7 cm³/mol. The van der Waals surface area contributed by atoms with Crippen molar-refractivity contribution in [3.05, 3.63) is 38.1 Å². The Balaban J connectivity index is 2.15. The maximum atomic E-state index is 5.78. The van der Waals surface area contributed by atoms with Gasteiger partial charge in [0.05, 0.1) is 11.1 Å². The number of nitrogens with zero attached hydrogens (tertiary/aromatic N) is 2. The first-order chi connectivity index (χ1) is 9.54. The van der Waals surface area contributed by atoms with Crippen molar-refractivity contribution in [3.8, 4) is 0 Å². The highest BCUT2D eigenvalue weighted by Gasteiger charge is 2.12. The highest BCUT2D eigenvalue weighted by Crippen LogP contribution is 2.36. The van der Waals surface area contributed by atoms with Crippen LogP contribution in [-0.4, -0.2) is 9.97 Å². The van der Waals surface area contributed by atoms with Crippen molar-refractivity contribution in [2.45, 2.75) is 6.92 Å². The molecule has 0 bridgehead atoms. The molecule has 1 aromatic carbocycles. The first-order valence-electron chi connectivity index (χ1n) is 5.79. The lowest BCUT2D eigenvalue weighted by molar-refractivity contribution is 1.24. The topological polar surface area (TPSA) is 63.8 Å². The quantitative estimate of drug-likeness (QED) is 0.630. The Kier molecular flexibility index (Phi) is 3.66. The molecule has 0 amide bonds. The van der Waals surface area contributed by atoms with E-state index >= 15 is 0 Å². The highest BCUT2D eigenvalue weighted by molar-refractivity contribution is 9.11. The van der Waals surface area contributed by atoms with Crippen LogP contribution in [0.4, 0.5) is 17.5 Å². The molecule has 2 heterocycles. The van der Waals surface area contributed by atoms with E-state index in [1.165, 1.54) is 4.88 Å². The number of nitrogens with one attached hydrogen (secondary N) is 1. The smallest absolute Gasteiger partial charge is 0.223 e. The van der Waals surface area contributed by atoms with Gasteiger partial charge in [-0.2, -0.15) is 4.98 Å². The van der Waals surface area contributed by atoms with Crippen LogP contribution in [0.15, 0.2) is 33.2 Å². The second-order valence-electron chi connectivity index (χ2n) is 4.23. The van der Waals surface area contributed by atoms with E-state index in [4.69, 9.17) is 5.73 Å². The van der Waals surface area contributed by atoms with Gasteiger partial charge in [0.15, 0.2) is 0 Å². The summed E-state index contributed by atoms with van der Waals surface area (Å²) in [6.07, 6.45) is 0. The van der Waals surface area contributed by atoms with Crippen LogP contribution >= 0.6 is 43.2 Å². The molecule has 0 radical (unpaired) electrons. The van der Waals surface area contributed by atoms with Gasteiger partial charge in [-0.25, -0.2) is 4.98 Å². The number of para-hydroxylation sites is 1. The Hall–Kier alpha value is -1.18. The van der Waals surface area contributed by atoms with Gasteiger partial charge >= 0.3 is 0 Å². The van der Waals surface area contributed by atoms with E-state index in [0.717, 1.165) is 24.8 Å². The number of aryl methyl sites for hydroxylation is 1. The lowest BCUT2D eigenvalue weighted by Gasteiger charge is -2.11. The van der Waals surface area contributed by atoms with Gasteiger partial charge in [-0.05, 0) is 57.0 Å². The molecule has 0 unspecified atom stereocenters. The van der Waals surface area contributed by atoms with E-state index in [-0.39, 0.29) is 5.95 Å². The van der Waals surface area contributed by atoms with E-state index in [1.54, 1.807) is 11.3 Å². The van der Waals surface area contributed by atoms with Gasteiger partial charge in [0.1, 0.15) is 10.6 Å². The van der Waals surface area contributed by atoms with Crippen LogP contribution in [0.1, 0.15) is 4.88 Å². The first kappa shape index (κ1) is 13.8. The Morgan fingerprint density at radius 2 is 1.90 bits per heavy atom. The van der Waals surface area contributed by atoms with Gasteiger partial charge in [0.25, 0.3) is 0 Å². The number of nitrogens with two attached hydrogens (primary N) is 1. The summed E-state index contributed by atoms with van der Waals surface area (Å²) in [5.41, 5.74) is 6.70. The molecule has 0 spiro atoms. The van der Waals surface area contributed by atoms with E-state index in [1.807, 2.05) is 25.1 Å². The number of halogens is 2. The summed E-state index contributed by atoms with van der Waals surface area (Å²) in [5, 5.41) is 4.30. The van der Waals surface area contributed by atoms with Crippen LogP contribution in [0, 0.1) is 6.92 Å². The van der Waals surface area contributed by atoms with Crippen molar-refractivity contribution >= 4 is 70.9 Å². The van der Waals surface area contributed by atoms with E-state index in [9.17, 15) is 0 Å². The molecule has 3 N–H and O–H groups in total. The lowest BCUT2D eigenvalue weighted by Crippen LogP contribution is -2.01. The fourth-order valence-corrected chi connectivity index (χ4v) is 3.97. The van der Waals surface area contributed by atoms with Gasteiger partial charge < -0.3 is 11.1 Å². The average Bonchev–Trinajstić information content (AvgIpc) is 2.74. The van der Waals surface area contributed by atoms with Crippen LogP contribution in [0.5, 0.6) is 0 Å². The summed E-state index contributed by atoms with van der Waals surface area (Å²) in [4.78, 5) is 10.6. The van der Waals surface area contributed by atoms with Crippen LogP contribution in [0.3, 0.4) is 0 Å². The number of benzene rings is 1. The van der Waals surface area contributed by atoms with Gasteiger partial charge in [-0.15, -0.1) is 11.3 Å². The largest absolute Gasteiger partial charge is 0.368 e. The Morgan fingerprint density at radius 1 is 1.20 bits per heavy atom.